The number of carbonyl (C=O) groups excluding carboxylic acids is 1. The van der Waals surface area contributed by atoms with Crippen molar-refractivity contribution in [3.63, 3.8) is 0 Å². The predicted octanol–water partition coefficient (Wildman–Crippen LogP) is 5.61. The SMILES string of the molecule is COc1ccc2cc(C(C)c3nc4ccccc4n3CC(=O)N3CCC(C)CC3)ccc2c1. The van der Waals surface area contributed by atoms with Crippen LogP contribution in [0.5, 0.6) is 5.75 Å². The number of likely N-dealkylation sites (tertiary alicyclic amines) is 1. The van der Waals surface area contributed by atoms with E-state index in [2.05, 4.69) is 54.8 Å². The summed E-state index contributed by atoms with van der Waals surface area (Å²) in [6.07, 6.45) is 2.17. The molecule has 1 unspecified atom stereocenters. The minimum absolute atomic E-state index is 0.0538. The standard InChI is InChI=1S/C28H31N3O2/c1-19-12-14-30(15-13-19)27(32)18-31-26-7-5-4-6-25(26)29-28(31)20(2)21-8-9-23-17-24(33-3)11-10-22(23)16-21/h4-11,16-17,19-20H,12-15,18H2,1-3H3. The molecular formula is C28H31N3O2. The molecule has 1 aliphatic rings. The maximum absolute atomic E-state index is 13.2. The van der Waals surface area contributed by atoms with E-state index in [1.165, 1.54) is 10.9 Å². The quantitative estimate of drug-likeness (QED) is 0.404. The second kappa shape index (κ2) is 8.89. The highest BCUT2D eigenvalue weighted by Gasteiger charge is 2.24. The van der Waals surface area contributed by atoms with Gasteiger partial charge in [-0.25, -0.2) is 4.98 Å². The number of carbonyl (C=O) groups is 1. The number of hydrogen-bond donors (Lipinski definition) is 0. The minimum Gasteiger partial charge on any atom is -0.497 e. The lowest BCUT2D eigenvalue weighted by molar-refractivity contribution is -0.133. The van der Waals surface area contributed by atoms with Crippen LogP contribution in [0.4, 0.5) is 0 Å². The number of amides is 1. The van der Waals surface area contributed by atoms with Crippen LogP contribution >= 0.6 is 0 Å². The Bertz CT molecular complexity index is 1300. The van der Waals surface area contributed by atoms with Crippen molar-refractivity contribution >= 4 is 27.7 Å². The zero-order chi connectivity index (χ0) is 22.9. The first-order valence-corrected chi connectivity index (χ1v) is 11.8. The number of aromatic nitrogens is 2. The van der Waals surface area contributed by atoms with E-state index >= 15 is 0 Å². The van der Waals surface area contributed by atoms with E-state index in [9.17, 15) is 4.79 Å². The van der Waals surface area contributed by atoms with E-state index in [0.29, 0.717) is 12.5 Å². The van der Waals surface area contributed by atoms with E-state index < -0.39 is 0 Å². The molecular weight excluding hydrogens is 410 g/mol. The van der Waals surface area contributed by atoms with Gasteiger partial charge >= 0.3 is 0 Å². The molecule has 3 aromatic carbocycles. The molecule has 0 aliphatic carbocycles. The minimum atomic E-state index is 0.0538. The highest BCUT2D eigenvalue weighted by molar-refractivity contribution is 5.85. The molecule has 1 saturated heterocycles. The van der Waals surface area contributed by atoms with Crippen LogP contribution in [0.15, 0.2) is 60.7 Å². The smallest absolute Gasteiger partial charge is 0.242 e. The Morgan fingerprint density at radius 2 is 1.79 bits per heavy atom. The fourth-order valence-electron chi connectivity index (χ4n) is 4.87. The van der Waals surface area contributed by atoms with Crippen LogP contribution in [0.25, 0.3) is 21.8 Å². The number of piperidine rings is 1. The molecule has 5 heteroatoms. The topological polar surface area (TPSA) is 47.4 Å². The number of hydrogen-bond acceptors (Lipinski definition) is 3. The van der Waals surface area contributed by atoms with Crippen molar-refractivity contribution < 1.29 is 9.53 Å². The molecule has 1 atom stereocenters. The van der Waals surface area contributed by atoms with Gasteiger partial charge in [-0.1, -0.05) is 50.2 Å². The molecule has 0 saturated carbocycles. The fraction of sp³-hybridized carbons (Fsp3) is 0.357. The first-order valence-electron chi connectivity index (χ1n) is 11.8. The van der Waals surface area contributed by atoms with Gasteiger partial charge in [0, 0.05) is 19.0 Å². The number of imidazole rings is 1. The van der Waals surface area contributed by atoms with Gasteiger partial charge in [-0.15, -0.1) is 0 Å². The van der Waals surface area contributed by atoms with Gasteiger partial charge in [0.25, 0.3) is 0 Å². The number of para-hydroxylation sites is 2. The molecule has 1 aliphatic heterocycles. The van der Waals surface area contributed by atoms with Crippen LogP contribution < -0.4 is 4.74 Å². The molecule has 2 heterocycles. The molecule has 5 nitrogen and oxygen atoms in total. The Labute approximate surface area is 195 Å². The molecule has 170 valence electrons. The van der Waals surface area contributed by atoms with Crippen LogP contribution in [0, 0.1) is 5.92 Å². The number of fused-ring (bicyclic) bond motifs is 2. The van der Waals surface area contributed by atoms with Crippen molar-refractivity contribution in [3.8, 4) is 5.75 Å². The summed E-state index contributed by atoms with van der Waals surface area (Å²) < 4.78 is 7.49. The number of benzene rings is 3. The lowest BCUT2D eigenvalue weighted by atomic mass is 9.97. The van der Waals surface area contributed by atoms with Gasteiger partial charge in [-0.2, -0.15) is 0 Å². The van der Waals surface area contributed by atoms with Crippen LogP contribution in [0.1, 0.15) is 44.0 Å². The molecule has 1 aromatic heterocycles. The van der Waals surface area contributed by atoms with Gasteiger partial charge in [0.15, 0.2) is 0 Å². The van der Waals surface area contributed by atoms with Crippen molar-refractivity contribution in [1.82, 2.24) is 14.5 Å². The summed E-state index contributed by atoms with van der Waals surface area (Å²) >= 11 is 0. The van der Waals surface area contributed by atoms with Crippen LogP contribution in [0.2, 0.25) is 0 Å². The lowest BCUT2D eigenvalue weighted by Gasteiger charge is -2.30. The Hall–Kier alpha value is -3.34. The zero-order valence-corrected chi connectivity index (χ0v) is 19.6. The van der Waals surface area contributed by atoms with E-state index in [1.807, 2.05) is 29.2 Å². The molecule has 0 spiro atoms. The van der Waals surface area contributed by atoms with Crippen LogP contribution in [0.3, 0.4) is 0 Å². The first-order chi connectivity index (χ1) is 16.0. The number of ether oxygens (including phenoxy) is 1. The predicted molar refractivity (Wildman–Crippen MR) is 133 cm³/mol. The Morgan fingerprint density at radius 3 is 2.58 bits per heavy atom. The van der Waals surface area contributed by atoms with Crippen molar-refractivity contribution in [1.29, 1.82) is 0 Å². The average Bonchev–Trinajstić information content (AvgIpc) is 3.21. The molecule has 1 fully saturated rings. The zero-order valence-electron chi connectivity index (χ0n) is 19.6. The van der Waals surface area contributed by atoms with Gasteiger partial charge in [0.1, 0.15) is 18.1 Å². The van der Waals surface area contributed by atoms with Crippen molar-refractivity contribution in [3.05, 3.63) is 72.1 Å². The van der Waals surface area contributed by atoms with Crippen molar-refractivity contribution in [2.75, 3.05) is 20.2 Å². The van der Waals surface area contributed by atoms with Crippen LogP contribution in [-0.4, -0.2) is 40.6 Å². The van der Waals surface area contributed by atoms with E-state index in [1.54, 1.807) is 7.11 Å². The first kappa shape index (κ1) is 21.5. The fourth-order valence-corrected chi connectivity index (χ4v) is 4.87. The summed E-state index contributed by atoms with van der Waals surface area (Å²) in [5.41, 5.74) is 3.14. The Morgan fingerprint density at radius 1 is 1.06 bits per heavy atom. The molecule has 0 bridgehead atoms. The summed E-state index contributed by atoms with van der Waals surface area (Å²) in [5.74, 6) is 2.73. The highest BCUT2D eigenvalue weighted by Crippen LogP contribution is 2.31. The number of rotatable bonds is 5. The summed E-state index contributed by atoms with van der Waals surface area (Å²) in [6, 6.07) is 20.8. The summed E-state index contributed by atoms with van der Waals surface area (Å²) in [7, 11) is 1.69. The third kappa shape index (κ3) is 4.20. The Balaban J connectivity index is 1.49. The maximum Gasteiger partial charge on any atom is 0.242 e. The van der Waals surface area contributed by atoms with Crippen molar-refractivity contribution in [2.24, 2.45) is 5.92 Å². The second-order valence-corrected chi connectivity index (χ2v) is 9.30. The van der Waals surface area contributed by atoms with E-state index in [4.69, 9.17) is 9.72 Å². The maximum atomic E-state index is 13.2. The summed E-state index contributed by atoms with van der Waals surface area (Å²) in [4.78, 5) is 20.2. The van der Waals surface area contributed by atoms with Gasteiger partial charge < -0.3 is 14.2 Å². The lowest BCUT2D eigenvalue weighted by Crippen LogP contribution is -2.40. The number of nitrogens with zero attached hydrogens (tertiary/aromatic N) is 3. The van der Waals surface area contributed by atoms with E-state index in [-0.39, 0.29) is 11.8 Å². The molecule has 5 rings (SSSR count). The van der Waals surface area contributed by atoms with Gasteiger partial charge in [-0.05, 0) is 59.4 Å². The van der Waals surface area contributed by atoms with E-state index in [0.717, 1.165) is 53.9 Å². The third-order valence-corrected chi connectivity index (χ3v) is 7.07. The number of methoxy groups -OCH3 is 1. The van der Waals surface area contributed by atoms with Crippen LogP contribution in [-0.2, 0) is 11.3 Å². The molecule has 0 radical (unpaired) electrons. The third-order valence-electron chi connectivity index (χ3n) is 7.07. The Kier molecular flexibility index (Phi) is 5.79. The summed E-state index contributed by atoms with van der Waals surface area (Å²) in [6.45, 7) is 6.48. The van der Waals surface area contributed by atoms with Gasteiger partial charge in [0.05, 0.1) is 18.1 Å². The van der Waals surface area contributed by atoms with Crippen molar-refractivity contribution in [2.45, 2.75) is 39.2 Å². The average molecular weight is 442 g/mol. The second-order valence-electron chi connectivity index (χ2n) is 9.30. The molecule has 4 aromatic rings. The largest absolute Gasteiger partial charge is 0.497 e. The molecule has 0 N–H and O–H groups in total. The van der Waals surface area contributed by atoms with Gasteiger partial charge in [-0.3, -0.25) is 4.79 Å². The van der Waals surface area contributed by atoms with Gasteiger partial charge in [0.2, 0.25) is 5.91 Å². The molecule has 33 heavy (non-hydrogen) atoms. The monoisotopic (exact) mass is 441 g/mol. The highest BCUT2D eigenvalue weighted by atomic mass is 16.5. The molecule has 1 amide bonds. The summed E-state index contributed by atoms with van der Waals surface area (Å²) in [5, 5.41) is 2.31. The normalized spacial score (nSPS) is 15.8.